The van der Waals surface area contributed by atoms with E-state index in [0.29, 0.717) is 0 Å². The molecule has 0 aliphatic rings. The van der Waals surface area contributed by atoms with E-state index < -0.39 is 0 Å². The average Bonchev–Trinajstić information content (AvgIpc) is 2.73. The number of ether oxygens (including phenoxy) is 2. The maximum atomic E-state index is 5.85. The standard InChI is InChI=1S/C24H19O2Si/c1-3-7-19(8-4-1)25-21-11-15-23(16-12-21)27-24-17-13-22(14-18-24)26-20-9-5-2-6-10-20/h1-18,27H. The van der Waals surface area contributed by atoms with Crippen LogP contribution >= 0.6 is 0 Å². The summed E-state index contributed by atoms with van der Waals surface area (Å²) in [5.74, 6) is 3.42. The number of para-hydroxylation sites is 2. The fraction of sp³-hybridized carbons (Fsp3) is 0. The topological polar surface area (TPSA) is 18.5 Å². The van der Waals surface area contributed by atoms with Gasteiger partial charge in [0, 0.05) is 0 Å². The molecule has 4 aromatic rings. The lowest BCUT2D eigenvalue weighted by Crippen LogP contribution is -2.26. The summed E-state index contributed by atoms with van der Waals surface area (Å²) in [6, 6.07) is 36.4. The van der Waals surface area contributed by atoms with Crippen LogP contribution in [-0.4, -0.2) is 9.52 Å². The Hall–Kier alpha value is -3.30. The maximum absolute atomic E-state index is 5.85. The molecule has 0 fully saturated rings. The third kappa shape index (κ3) is 4.87. The van der Waals surface area contributed by atoms with E-state index in [4.69, 9.17) is 9.47 Å². The molecular weight excluding hydrogens is 348 g/mol. The molecule has 0 heterocycles. The van der Waals surface area contributed by atoms with E-state index in [1.54, 1.807) is 0 Å². The molecule has 0 atom stereocenters. The largest absolute Gasteiger partial charge is 0.457 e. The first-order valence-corrected chi connectivity index (χ1v) is 10.0. The normalized spacial score (nSPS) is 10.4. The third-order valence-electron chi connectivity index (χ3n) is 4.05. The minimum atomic E-state index is 0.0380. The van der Waals surface area contributed by atoms with Crippen LogP contribution in [0.4, 0.5) is 0 Å². The van der Waals surface area contributed by atoms with Gasteiger partial charge in [-0.25, -0.2) is 0 Å². The van der Waals surface area contributed by atoms with Gasteiger partial charge < -0.3 is 9.47 Å². The molecule has 1 radical (unpaired) electrons. The van der Waals surface area contributed by atoms with Crippen molar-refractivity contribution in [2.24, 2.45) is 0 Å². The van der Waals surface area contributed by atoms with Crippen LogP contribution in [0.1, 0.15) is 0 Å². The summed E-state index contributed by atoms with van der Waals surface area (Å²) in [5.41, 5.74) is 0. The Morgan fingerprint density at radius 1 is 0.370 bits per heavy atom. The second-order valence-corrected chi connectivity index (χ2v) is 7.73. The fourth-order valence-electron chi connectivity index (χ4n) is 2.71. The van der Waals surface area contributed by atoms with Crippen LogP contribution in [0.5, 0.6) is 23.0 Å². The summed E-state index contributed by atoms with van der Waals surface area (Å²) in [7, 11) is 0.0380. The maximum Gasteiger partial charge on any atom is 0.127 e. The Bertz CT molecular complexity index is 883. The summed E-state index contributed by atoms with van der Waals surface area (Å²) >= 11 is 0. The van der Waals surface area contributed by atoms with Gasteiger partial charge in [-0.2, -0.15) is 0 Å². The highest BCUT2D eigenvalue weighted by atomic mass is 28.2. The molecule has 2 nitrogen and oxygen atoms in total. The van der Waals surface area contributed by atoms with Crippen molar-refractivity contribution in [2.75, 3.05) is 0 Å². The van der Waals surface area contributed by atoms with E-state index >= 15 is 0 Å². The molecule has 27 heavy (non-hydrogen) atoms. The molecule has 3 heteroatoms. The first-order chi connectivity index (χ1) is 13.3. The van der Waals surface area contributed by atoms with Crippen molar-refractivity contribution in [3.05, 3.63) is 109 Å². The summed E-state index contributed by atoms with van der Waals surface area (Å²) in [6.07, 6.45) is 0. The molecule has 0 unspecified atom stereocenters. The van der Waals surface area contributed by atoms with Gasteiger partial charge in [-0.15, -0.1) is 0 Å². The molecule has 0 amide bonds. The van der Waals surface area contributed by atoms with Crippen molar-refractivity contribution in [2.45, 2.75) is 0 Å². The predicted octanol–water partition coefficient (Wildman–Crippen LogP) is 4.66. The van der Waals surface area contributed by atoms with E-state index in [0.717, 1.165) is 23.0 Å². The molecule has 0 N–H and O–H groups in total. The second kappa shape index (κ2) is 8.38. The predicted molar refractivity (Wildman–Crippen MR) is 112 cm³/mol. The van der Waals surface area contributed by atoms with Gasteiger partial charge in [0.2, 0.25) is 0 Å². The van der Waals surface area contributed by atoms with Gasteiger partial charge in [0.05, 0.1) is 0 Å². The molecule has 0 saturated heterocycles. The van der Waals surface area contributed by atoms with E-state index in [1.807, 2.05) is 84.9 Å². The first-order valence-electron chi connectivity index (χ1n) is 8.86. The van der Waals surface area contributed by atoms with E-state index in [-0.39, 0.29) is 9.52 Å². The van der Waals surface area contributed by atoms with Crippen LogP contribution in [0.15, 0.2) is 109 Å². The molecule has 0 aliphatic heterocycles. The van der Waals surface area contributed by atoms with Crippen LogP contribution in [-0.2, 0) is 0 Å². The van der Waals surface area contributed by atoms with Crippen LogP contribution in [0, 0.1) is 0 Å². The second-order valence-electron chi connectivity index (χ2n) is 6.11. The van der Waals surface area contributed by atoms with Crippen molar-refractivity contribution in [3.63, 3.8) is 0 Å². The van der Waals surface area contributed by atoms with Gasteiger partial charge >= 0.3 is 0 Å². The lowest BCUT2D eigenvalue weighted by Gasteiger charge is -2.08. The summed E-state index contributed by atoms with van der Waals surface area (Å²) in [5, 5.41) is 2.65. The highest BCUT2D eigenvalue weighted by molar-refractivity contribution is 6.67. The van der Waals surface area contributed by atoms with Gasteiger partial charge in [0.25, 0.3) is 0 Å². The Morgan fingerprint density at radius 2 is 0.704 bits per heavy atom. The molecule has 4 aromatic carbocycles. The fourth-order valence-corrected chi connectivity index (χ4v) is 3.86. The van der Waals surface area contributed by atoms with Crippen molar-refractivity contribution in [1.82, 2.24) is 0 Å². The van der Waals surface area contributed by atoms with Gasteiger partial charge in [-0.3, -0.25) is 0 Å². The zero-order valence-corrected chi connectivity index (χ0v) is 15.9. The molecule has 0 spiro atoms. The third-order valence-corrected chi connectivity index (χ3v) is 5.49. The number of hydrogen-bond acceptors (Lipinski definition) is 2. The Morgan fingerprint density at radius 3 is 1.07 bits per heavy atom. The average molecular weight is 368 g/mol. The number of hydrogen-bond donors (Lipinski definition) is 0. The Labute approximate surface area is 161 Å². The molecule has 131 valence electrons. The molecular formula is C24H19O2Si. The summed E-state index contributed by atoms with van der Waals surface area (Å²) in [6.45, 7) is 0. The summed E-state index contributed by atoms with van der Waals surface area (Å²) in [4.78, 5) is 0. The van der Waals surface area contributed by atoms with E-state index in [9.17, 15) is 0 Å². The summed E-state index contributed by atoms with van der Waals surface area (Å²) < 4.78 is 11.7. The number of rotatable bonds is 6. The smallest absolute Gasteiger partial charge is 0.127 e. The Kier molecular flexibility index (Phi) is 5.32. The lowest BCUT2D eigenvalue weighted by molar-refractivity contribution is 0.482. The monoisotopic (exact) mass is 367 g/mol. The molecule has 0 aromatic heterocycles. The van der Waals surface area contributed by atoms with E-state index in [2.05, 4.69) is 24.3 Å². The van der Waals surface area contributed by atoms with Crippen molar-refractivity contribution < 1.29 is 9.47 Å². The minimum Gasteiger partial charge on any atom is -0.457 e. The highest BCUT2D eigenvalue weighted by Gasteiger charge is 2.02. The molecule has 4 rings (SSSR count). The Balaban J connectivity index is 1.37. The quantitative estimate of drug-likeness (QED) is 0.462. The van der Waals surface area contributed by atoms with Crippen molar-refractivity contribution >= 4 is 19.9 Å². The van der Waals surface area contributed by atoms with Crippen molar-refractivity contribution in [3.8, 4) is 23.0 Å². The molecule has 0 saturated carbocycles. The number of benzene rings is 4. The first kappa shape index (κ1) is 17.1. The molecule has 0 aliphatic carbocycles. The van der Waals surface area contributed by atoms with Crippen LogP contribution in [0.2, 0.25) is 0 Å². The van der Waals surface area contributed by atoms with Crippen LogP contribution < -0.4 is 19.8 Å². The van der Waals surface area contributed by atoms with Gasteiger partial charge in [0.15, 0.2) is 0 Å². The highest BCUT2D eigenvalue weighted by Crippen LogP contribution is 2.20. The van der Waals surface area contributed by atoms with Crippen molar-refractivity contribution in [1.29, 1.82) is 0 Å². The minimum absolute atomic E-state index is 0.0380. The zero-order valence-electron chi connectivity index (χ0n) is 14.8. The van der Waals surface area contributed by atoms with Gasteiger partial charge in [-0.05, 0) is 48.5 Å². The zero-order chi connectivity index (χ0) is 18.3. The molecule has 0 bridgehead atoms. The van der Waals surface area contributed by atoms with Crippen LogP contribution in [0.25, 0.3) is 0 Å². The van der Waals surface area contributed by atoms with E-state index in [1.165, 1.54) is 10.4 Å². The van der Waals surface area contributed by atoms with Gasteiger partial charge in [0.1, 0.15) is 32.5 Å². The lowest BCUT2D eigenvalue weighted by atomic mass is 10.3. The SMILES string of the molecule is c1ccc(Oc2ccc([SiH]c3ccc(Oc4ccccc4)cc3)cc2)cc1. The van der Waals surface area contributed by atoms with Gasteiger partial charge in [-0.1, -0.05) is 71.0 Å². The van der Waals surface area contributed by atoms with Crippen LogP contribution in [0.3, 0.4) is 0 Å².